The van der Waals surface area contributed by atoms with Gasteiger partial charge < -0.3 is 19.8 Å². The zero-order chi connectivity index (χ0) is 24.1. The van der Waals surface area contributed by atoms with Crippen molar-refractivity contribution >= 4 is 38.5 Å². The molecule has 2 aromatic heterocycles. The number of alkyl halides is 3. The monoisotopic (exact) mass is 489 g/mol. The highest BCUT2D eigenvalue weighted by Crippen LogP contribution is 2.30. The number of nitrogens with zero attached hydrogens (tertiary/aromatic N) is 1. The summed E-state index contributed by atoms with van der Waals surface area (Å²) in [4.78, 5) is 29.8. The molecule has 7 nitrogen and oxygen atoms in total. The first-order chi connectivity index (χ1) is 16.3. The molecule has 0 aliphatic heterocycles. The minimum absolute atomic E-state index is 0.0408. The molecule has 0 bridgehead atoms. The normalized spacial score (nSPS) is 12.3. The van der Waals surface area contributed by atoms with E-state index in [9.17, 15) is 22.8 Å². The number of amides is 2. The molecule has 1 unspecified atom stereocenters. The molecule has 4 aromatic rings. The van der Waals surface area contributed by atoms with Gasteiger partial charge in [0, 0.05) is 6.42 Å². The summed E-state index contributed by atoms with van der Waals surface area (Å²) >= 11 is 1.08. The van der Waals surface area contributed by atoms with Crippen molar-refractivity contribution < 1.29 is 31.9 Å². The van der Waals surface area contributed by atoms with Gasteiger partial charge in [-0.2, -0.15) is 13.2 Å². The summed E-state index contributed by atoms with van der Waals surface area (Å²) in [5, 5.41) is 5.58. The van der Waals surface area contributed by atoms with Gasteiger partial charge in [0.1, 0.15) is 11.8 Å². The molecule has 0 saturated carbocycles. The lowest BCUT2D eigenvalue weighted by atomic mass is 10.1. The Morgan fingerprint density at radius 1 is 1.09 bits per heavy atom. The lowest BCUT2D eigenvalue weighted by Crippen LogP contribution is -2.45. The molecule has 1 atom stereocenters. The predicted octanol–water partition coefficient (Wildman–Crippen LogP) is 4.81. The summed E-state index contributed by atoms with van der Waals surface area (Å²) in [5.41, 5.74) is 1.32. The predicted molar refractivity (Wildman–Crippen MR) is 120 cm³/mol. The number of halogens is 3. The summed E-state index contributed by atoms with van der Waals surface area (Å²) in [6.07, 6.45) is -2.87. The van der Waals surface area contributed by atoms with Crippen LogP contribution in [0.15, 0.2) is 71.3 Å². The summed E-state index contributed by atoms with van der Waals surface area (Å²) in [6, 6.07) is 15.6. The van der Waals surface area contributed by atoms with Gasteiger partial charge in [-0.1, -0.05) is 41.7 Å². The van der Waals surface area contributed by atoms with Gasteiger partial charge in [0.15, 0.2) is 17.5 Å². The molecular weight excluding hydrogens is 471 g/mol. The van der Waals surface area contributed by atoms with Crippen molar-refractivity contribution in [3.05, 3.63) is 78.3 Å². The minimum Gasteiger partial charge on any atom is -0.484 e. The van der Waals surface area contributed by atoms with Crippen LogP contribution in [-0.4, -0.2) is 35.6 Å². The second-order valence-electron chi connectivity index (χ2n) is 7.23. The van der Waals surface area contributed by atoms with Crippen LogP contribution >= 0.6 is 11.3 Å². The van der Waals surface area contributed by atoms with Crippen LogP contribution < -0.4 is 15.4 Å². The molecular formula is C23H18F3N3O4S. The van der Waals surface area contributed by atoms with E-state index in [-0.39, 0.29) is 23.1 Å². The first-order valence-corrected chi connectivity index (χ1v) is 10.9. The fourth-order valence-corrected chi connectivity index (χ4v) is 4.00. The van der Waals surface area contributed by atoms with Crippen LogP contribution in [0.3, 0.4) is 0 Å². The highest BCUT2D eigenvalue weighted by molar-refractivity contribution is 7.22. The van der Waals surface area contributed by atoms with Gasteiger partial charge in [-0.05, 0) is 35.9 Å². The Morgan fingerprint density at radius 3 is 2.59 bits per heavy atom. The number of hydrogen-bond donors (Lipinski definition) is 2. The van der Waals surface area contributed by atoms with Crippen LogP contribution in [0.2, 0.25) is 0 Å². The van der Waals surface area contributed by atoms with E-state index < -0.39 is 30.6 Å². The summed E-state index contributed by atoms with van der Waals surface area (Å²) < 4.78 is 47.6. The number of rotatable bonds is 8. The number of benzene rings is 2. The smallest absolute Gasteiger partial charge is 0.422 e. The molecule has 0 aliphatic carbocycles. The van der Waals surface area contributed by atoms with Gasteiger partial charge in [-0.25, -0.2) is 4.98 Å². The maximum atomic E-state index is 13.0. The SMILES string of the molecule is O=C(NC(Cc1ccccc1)C(=O)Nc1nc2ccc(OCC(F)(F)F)cc2s1)c1ccco1. The van der Waals surface area contributed by atoms with E-state index in [2.05, 4.69) is 15.6 Å². The highest BCUT2D eigenvalue weighted by atomic mass is 32.1. The van der Waals surface area contributed by atoms with Crippen LogP contribution in [-0.2, 0) is 11.2 Å². The van der Waals surface area contributed by atoms with Gasteiger partial charge in [0.2, 0.25) is 5.91 Å². The largest absolute Gasteiger partial charge is 0.484 e. The van der Waals surface area contributed by atoms with Crippen molar-refractivity contribution in [2.45, 2.75) is 18.6 Å². The molecule has 2 N–H and O–H groups in total. The molecule has 0 radical (unpaired) electrons. The Hall–Kier alpha value is -3.86. The summed E-state index contributed by atoms with van der Waals surface area (Å²) in [7, 11) is 0. The summed E-state index contributed by atoms with van der Waals surface area (Å²) in [6.45, 7) is -1.41. The van der Waals surface area contributed by atoms with Gasteiger partial charge in [0.25, 0.3) is 5.91 Å². The van der Waals surface area contributed by atoms with Gasteiger partial charge in [0.05, 0.1) is 16.5 Å². The first kappa shape index (κ1) is 23.3. The quantitative estimate of drug-likeness (QED) is 0.371. The Balaban J connectivity index is 1.49. The lowest BCUT2D eigenvalue weighted by Gasteiger charge is -2.17. The van der Waals surface area contributed by atoms with E-state index in [1.54, 1.807) is 6.07 Å². The molecule has 176 valence electrons. The Labute approximate surface area is 195 Å². The maximum Gasteiger partial charge on any atom is 0.422 e. The Kier molecular flexibility index (Phi) is 6.82. The second kappa shape index (κ2) is 9.96. The lowest BCUT2D eigenvalue weighted by molar-refractivity contribution is -0.153. The van der Waals surface area contributed by atoms with Crippen LogP contribution in [0.4, 0.5) is 18.3 Å². The Morgan fingerprint density at radius 2 is 1.88 bits per heavy atom. The van der Waals surface area contributed by atoms with Crippen LogP contribution in [0, 0.1) is 0 Å². The molecule has 11 heteroatoms. The number of fused-ring (bicyclic) bond motifs is 1. The first-order valence-electron chi connectivity index (χ1n) is 10.1. The number of hydrogen-bond acceptors (Lipinski definition) is 6. The fraction of sp³-hybridized carbons (Fsp3) is 0.174. The number of ether oxygens (including phenoxy) is 1. The fourth-order valence-electron chi connectivity index (χ4n) is 3.10. The van der Waals surface area contributed by atoms with Crippen molar-refractivity contribution in [3.8, 4) is 5.75 Å². The van der Waals surface area contributed by atoms with Gasteiger partial charge in [-0.15, -0.1) is 0 Å². The third-order valence-corrected chi connectivity index (χ3v) is 5.58. The summed E-state index contributed by atoms with van der Waals surface area (Å²) in [5.74, 6) is -0.940. The molecule has 0 saturated heterocycles. The third-order valence-electron chi connectivity index (χ3n) is 4.64. The molecule has 4 rings (SSSR count). The van der Waals surface area contributed by atoms with E-state index in [1.807, 2.05) is 30.3 Å². The van der Waals surface area contributed by atoms with E-state index in [0.717, 1.165) is 16.9 Å². The number of furan rings is 1. The number of carbonyl (C=O) groups is 2. The number of aromatic nitrogens is 1. The third kappa shape index (κ3) is 6.13. The van der Waals surface area contributed by atoms with Crippen LogP contribution in [0.25, 0.3) is 10.2 Å². The molecule has 0 fully saturated rings. The van der Waals surface area contributed by atoms with Crippen molar-refractivity contribution in [2.24, 2.45) is 0 Å². The van der Waals surface area contributed by atoms with Crippen molar-refractivity contribution in [1.29, 1.82) is 0 Å². The number of thiazole rings is 1. The number of anilines is 1. The van der Waals surface area contributed by atoms with E-state index in [4.69, 9.17) is 9.15 Å². The zero-order valence-electron chi connectivity index (χ0n) is 17.5. The van der Waals surface area contributed by atoms with E-state index in [1.165, 1.54) is 30.5 Å². The molecule has 2 aromatic carbocycles. The maximum absolute atomic E-state index is 13.0. The van der Waals surface area contributed by atoms with Crippen molar-refractivity contribution in [3.63, 3.8) is 0 Å². The van der Waals surface area contributed by atoms with E-state index in [0.29, 0.717) is 10.2 Å². The van der Waals surface area contributed by atoms with Crippen LogP contribution in [0.1, 0.15) is 16.1 Å². The second-order valence-corrected chi connectivity index (χ2v) is 8.27. The molecule has 2 heterocycles. The topological polar surface area (TPSA) is 93.5 Å². The molecule has 2 amide bonds. The highest BCUT2D eigenvalue weighted by Gasteiger charge is 2.28. The average molecular weight is 489 g/mol. The number of carbonyl (C=O) groups excluding carboxylic acids is 2. The Bertz CT molecular complexity index is 1270. The zero-order valence-corrected chi connectivity index (χ0v) is 18.3. The van der Waals surface area contributed by atoms with Gasteiger partial charge >= 0.3 is 6.18 Å². The number of nitrogens with one attached hydrogen (secondary N) is 2. The average Bonchev–Trinajstić information content (AvgIpc) is 3.47. The molecule has 0 spiro atoms. The molecule has 0 aliphatic rings. The van der Waals surface area contributed by atoms with Crippen molar-refractivity contribution in [1.82, 2.24) is 10.3 Å². The molecule has 34 heavy (non-hydrogen) atoms. The van der Waals surface area contributed by atoms with E-state index >= 15 is 0 Å². The van der Waals surface area contributed by atoms with Crippen molar-refractivity contribution in [2.75, 3.05) is 11.9 Å². The standard InChI is InChI=1S/C23H18F3N3O4S/c24-23(25,26)13-33-15-8-9-16-19(12-15)34-22(28-16)29-20(30)17(11-14-5-2-1-3-6-14)27-21(31)18-7-4-10-32-18/h1-10,12,17H,11,13H2,(H,27,31)(H,28,29,30). The van der Waals surface area contributed by atoms with Gasteiger partial charge in [-0.3, -0.25) is 9.59 Å². The minimum atomic E-state index is -4.45. The van der Waals surface area contributed by atoms with Crippen LogP contribution in [0.5, 0.6) is 5.75 Å².